The lowest BCUT2D eigenvalue weighted by Gasteiger charge is -2.08. The van der Waals surface area contributed by atoms with Crippen molar-refractivity contribution in [2.24, 2.45) is 0 Å². The van der Waals surface area contributed by atoms with Crippen molar-refractivity contribution in [3.8, 4) is 11.4 Å². The van der Waals surface area contributed by atoms with Gasteiger partial charge in [0, 0.05) is 23.4 Å². The van der Waals surface area contributed by atoms with Crippen LogP contribution in [-0.2, 0) is 6.54 Å². The van der Waals surface area contributed by atoms with E-state index >= 15 is 0 Å². The quantitative estimate of drug-likeness (QED) is 0.804. The number of rotatable bonds is 4. The maximum Gasteiger partial charge on any atom is 0.255 e. The lowest BCUT2D eigenvalue weighted by atomic mass is 10.1. The molecule has 3 rings (SSSR count). The Balaban J connectivity index is 1.83. The number of carbonyl (C=O) groups excluding carboxylic acids is 1. The van der Waals surface area contributed by atoms with Gasteiger partial charge in [0.1, 0.15) is 12.1 Å². The van der Waals surface area contributed by atoms with Crippen molar-refractivity contribution in [1.29, 1.82) is 0 Å². The minimum absolute atomic E-state index is 0.292. The first-order chi connectivity index (χ1) is 11.2. The number of carbonyl (C=O) groups is 1. The van der Waals surface area contributed by atoms with E-state index in [-0.39, 0.29) is 11.7 Å². The molecule has 0 atom stereocenters. The third-order valence-corrected chi connectivity index (χ3v) is 3.44. The van der Waals surface area contributed by atoms with Crippen molar-refractivity contribution in [3.05, 3.63) is 66.2 Å². The average molecular weight is 310 g/mol. The van der Waals surface area contributed by atoms with E-state index in [0.29, 0.717) is 11.3 Å². The molecule has 116 valence electrons. The Morgan fingerprint density at radius 3 is 2.74 bits per heavy atom. The first-order valence-corrected chi connectivity index (χ1v) is 7.22. The van der Waals surface area contributed by atoms with Crippen LogP contribution in [0, 0.1) is 5.82 Å². The van der Waals surface area contributed by atoms with Gasteiger partial charge in [-0.3, -0.25) is 4.79 Å². The zero-order valence-electron chi connectivity index (χ0n) is 12.5. The summed E-state index contributed by atoms with van der Waals surface area (Å²) in [4.78, 5) is 12.2. The second-order valence-corrected chi connectivity index (χ2v) is 4.98. The topological polar surface area (TPSA) is 59.8 Å². The van der Waals surface area contributed by atoms with Crippen molar-refractivity contribution in [2.75, 3.05) is 5.32 Å². The Labute approximate surface area is 132 Å². The SMILES string of the molecule is CCn1cnnc1-c1cccc(NC(=O)c2ccc(F)cc2)c1. The van der Waals surface area contributed by atoms with Crippen molar-refractivity contribution < 1.29 is 9.18 Å². The largest absolute Gasteiger partial charge is 0.322 e. The maximum absolute atomic E-state index is 12.9. The molecule has 1 amide bonds. The Morgan fingerprint density at radius 2 is 2.00 bits per heavy atom. The van der Waals surface area contributed by atoms with Gasteiger partial charge in [-0.1, -0.05) is 12.1 Å². The van der Waals surface area contributed by atoms with Gasteiger partial charge in [-0.25, -0.2) is 4.39 Å². The molecule has 2 aromatic carbocycles. The van der Waals surface area contributed by atoms with E-state index in [9.17, 15) is 9.18 Å². The highest BCUT2D eigenvalue weighted by atomic mass is 19.1. The lowest BCUT2D eigenvalue weighted by Crippen LogP contribution is -2.11. The van der Waals surface area contributed by atoms with Gasteiger partial charge in [0.15, 0.2) is 5.82 Å². The Hall–Kier alpha value is -3.02. The highest BCUT2D eigenvalue weighted by Crippen LogP contribution is 2.21. The first kappa shape index (κ1) is 14.9. The van der Waals surface area contributed by atoms with Crippen LogP contribution in [0.5, 0.6) is 0 Å². The fraction of sp³-hybridized carbons (Fsp3) is 0.118. The van der Waals surface area contributed by atoms with Crippen molar-refractivity contribution >= 4 is 11.6 Å². The molecule has 5 nitrogen and oxygen atoms in total. The van der Waals surface area contributed by atoms with E-state index in [1.807, 2.05) is 29.7 Å². The molecule has 0 spiro atoms. The van der Waals surface area contributed by atoms with Gasteiger partial charge in [-0.15, -0.1) is 10.2 Å². The Bertz CT molecular complexity index is 827. The summed E-state index contributed by atoms with van der Waals surface area (Å²) in [5.41, 5.74) is 1.90. The second kappa shape index (κ2) is 6.39. The van der Waals surface area contributed by atoms with Crippen molar-refractivity contribution in [1.82, 2.24) is 14.8 Å². The van der Waals surface area contributed by atoms with Crippen LogP contribution in [0.25, 0.3) is 11.4 Å². The number of anilines is 1. The predicted molar refractivity (Wildman–Crippen MR) is 85.5 cm³/mol. The molecule has 0 radical (unpaired) electrons. The van der Waals surface area contributed by atoms with Gasteiger partial charge in [0.25, 0.3) is 5.91 Å². The average Bonchev–Trinajstić information content (AvgIpc) is 3.04. The minimum Gasteiger partial charge on any atom is -0.322 e. The van der Waals surface area contributed by atoms with E-state index in [1.165, 1.54) is 24.3 Å². The molecule has 0 saturated carbocycles. The van der Waals surface area contributed by atoms with Crippen LogP contribution in [0.4, 0.5) is 10.1 Å². The molecule has 1 N–H and O–H groups in total. The number of hydrogen-bond donors (Lipinski definition) is 1. The van der Waals surface area contributed by atoms with E-state index < -0.39 is 0 Å². The molecule has 23 heavy (non-hydrogen) atoms. The van der Waals surface area contributed by atoms with E-state index in [2.05, 4.69) is 15.5 Å². The third-order valence-electron chi connectivity index (χ3n) is 3.44. The van der Waals surface area contributed by atoms with Gasteiger partial charge in [-0.2, -0.15) is 0 Å². The molecule has 0 bridgehead atoms. The monoisotopic (exact) mass is 310 g/mol. The van der Waals surface area contributed by atoms with Crippen LogP contribution in [0.2, 0.25) is 0 Å². The van der Waals surface area contributed by atoms with Gasteiger partial charge in [0.05, 0.1) is 0 Å². The van der Waals surface area contributed by atoms with Crippen LogP contribution in [-0.4, -0.2) is 20.7 Å². The molecular weight excluding hydrogens is 295 g/mol. The highest BCUT2D eigenvalue weighted by Gasteiger charge is 2.09. The van der Waals surface area contributed by atoms with Crippen LogP contribution < -0.4 is 5.32 Å². The predicted octanol–water partition coefficient (Wildman–Crippen LogP) is 3.36. The summed E-state index contributed by atoms with van der Waals surface area (Å²) in [6.45, 7) is 2.77. The molecule has 0 aliphatic carbocycles. The molecule has 0 aliphatic rings. The van der Waals surface area contributed by atoms with Gasteiger partial charge in [-0.05, 0) is 43.3 Å². The minimum atomic E-state index is -0.373. The maximum atomic E-state index is 12.9. The molecule has 0 fully saturated rings. The Morgan fingerprint density at radius 1 is 1.22 bits per heavy atom. The molecule has 0 saturated heterocycles. The fourth-order valence-electron chi connectivity index (χ4n) is 2.25. The molecule has 6 heteroatoms. The van der Waals surface area contributed by atoms with Crippen molar-refractivity contribution in [3.63, 3.8) is 0 Å². The summed E-state index contributed by atoms with van der Waals surface area (Å²) in [6, 6.07) is 12.8. The second-order valence-electron chi connectivity index (χ2n) is 4.98. The number of amides is 1. The molecular formula is C17H15FN4O. The summed E-state index contributed by atoms with van der Waals surface area (Å²) in [5, 5.41) is 10.8. The summed E-state index contributed by atoms with van der Waals surface area (Å²) in [7, 11) is 0. The summed E-state index contributed by atoms with van der Waals surface area (Å²) < 4.78 is 14.8. The number of halogens is 1. The lowest BCUT2D eigenvalue weighted by molar-refractivity contribution is 0.102. The molecule has 0 unspecified atom stereocenters. The van der Waals surface area contributed by atoms with Gasteiger partial charge in [0.2, 0.25) is 0 Å². The van der Waals surface area contributed by atoms with Crippen LogP contribution in [0.3, 0.4) is 0 Å². The molecule has 1 heterocycles. The van der Waals surface area contributed by atoms with Crippen LogP contribution in [0.1, 0.15) is 17.3 Å². The summed E-state index contributed by atoms with van der Waals surface area (Å²) in [5.74, 6) is 0.0759. The highest BCUT2D eigenvalue weighted by molar-refractivity contribution is 6.04. The van der Waals surface area contributed by atoms with E-state index in [4.69, 9.17) is 0 Å². The van der Waals surface area contributed by atoms with Gasteiger partial charge >= 0.3 is 0 Å². The zero-order valence-corrected chi connectivity index (χ0v) is 12.5. The molecule has 0 aliphatic heterocycles. The Kier molecular flexibility index (Phi) is 4.14. The van der Waals surface area contributed by atoms with Crippen molar-refractivity contribution in [2.45, 2.75) is 13.5 Å². The van der Waals surface area contributed by atoms with Gasteiger partial charge < -0.3 is 9.88 Å². The van der Waals surface area contributed by atoms with Crippen LogP contribution in [0.15, 0.2) is 54.9 Å². The number of hydrogen-bond acceptors (Lipinski definition) is 3. The number of nitrogens with zero attached hydrogens (tertiary/aromatic N) is 3. The summed E-state index contributed by atoms with van der Waals surface area (Å²) in [6.07, 6.45) is 1.67. The smallest absolute Gasteiger partial charge is 0.255 e. The fourth-order valence-corrected chi connectivity index (χ4v) is 2.25. The summed E-state index contributed by atoms with van der Waals surface area (Å²) >= 11 is 0. The standard InChI is InChI=1S/C17H15FN4O/c1-2-22-11-19-21-16(22)13-4-3-5-15(10-13)20-17(23)12-6-8-14(18)9-7-12/h3-11H,2H2,1H3,(H,20,23). The third kappa shape index (κ3) is 3.26. The van der Waals surface area contributed by atoms with E-state index in [1.54, 1.807) is 12.4 Å². The van der Waals surface area contributed by atoms with E-state index in [0.717, 1.165) is 17.9 Å². The number of benzene rings is 2. The molecule has 3 aromatic rings. The molecule has 1 aromatic heterocycles. The number of aromatic nitrogens is 3. The first-order valence-electron chi connectivity index (χ1n) is 7.22. The normalized spacial score (nSPS) is 10.5. The number of nitrogens with one attached hydrogen (secondary N) is 1. The van der Waals surface area contributed by atoms with Crippen LogP contribution >= 0.6 is 0 Å². The number of aryl methyl sites for hydroxylation is 1. The zero-order chi connectivity index (χ0) is 16.2.